The summed E-state index contributed by atoms with van der Waals surface area (Å²) < 4.78 is 17.7. The number of urea groups is 1. The minimum Gasteiger partial charge on any atom is -0.493 e. The van der Waals surface area contributed by atoms with Gasteiger partial charge in [0.15, 0.2) is 11.5 Å². The van der Waals surface area contributed by atoms with E-state index in [0.717, 1.165) is 22.8 Å². The Labute approximate surface area is 151 Å². The van der Waals surface area contributed by atoms with Gasteiger partial charge < -0.3 is 24.4 Å². The van der Waals surface area contributed by atoms with E-state index in [0.29, 0.717) is 32.7 Å². The van der Waals surface area contributed by atoms with Crippen LogP contribution >= 0.6 is 0 Å². The molecule has 1 spiro atoms. The first-order valence-corrected chi connectivity index (χ1v) is 8.94. The van der Waals surface area contributed by atoms with Gasteiger partial charge in [-0.15, -0.1) is 0 Å². The Kier molecular flexibility index (Phi) is 3.45. The SMILES string of the molecule is O=C(NCC1COc2ccccc21)N1CCC2(C1)Oc1ccccc1O2. The van der Waals surface area contributed by atoms with Crippen molar-refractivity contribution in [3.63, 3.8) is 0 Å². The van der Waals surface area contributed by atoms with Crippen molar-refractivity contribution in [3.8, 4) is 17.2 Å². The lowest BCUT2D eigenvalue weighted by atomic mass is 10.0. The molecule has 5 rings (SSSR count). The summed E-state index contributed by atoms with van der Waals surface area (Å²) in [7, 11) is 0. The fourth-order valence-electron chi connectivity index (χ4n) is 3.86. The smallest absolute Gasteiger partial charge is 0.317 e. The summed E-state index contributed by atoms with van der Waals surface area (Å²) in [4.78, 5) is 14.3. The third-order valence-electron chi connectivity index (χ3n) is 5.22. The summed E-state index contributed by atoms with van der Waals surface area (Å²) in [5.74, 6) is 1.85. The molecular formula is C20H20N2O4. The van der Waals surface area contributed by atoms with Crippen LogP contribution in [0.2, 0.25) is 0 Å². The Bertz CT molecular complexity index is 828. The van der Waals surface area contributed by atoms with E-state index < -0.39 is 5.79 Å². The van der Waals surface area contributed by atoms with E-state index in [-0.39, 0.29) is 11.9 Å². The summed E-state index contributed by atoms with van der Waals surface area (Å²) in [5, 5.41) is 3.03. The van der Waals surface area contributed by atoms with Gasteiger partial charge in [0, 0.05) is 31.0 Å². The Hall–Kier alpha value is -2.89. The molecule has 1 saturated heterocycles. The maximum atomic E-state index is 12.6. The van der Waals surface area contributed by atoms with E-state index >= 15 is 0 Å². The van der Waals surface area contributed by atoms with Crippen LogP contribution in [0.1, 0.15) is 17.9 Å². The van der Waals surface area contributed by atoms with Crippen molar-refractivity contribution in [2.45, 2.75) is 18.1 Å². The highest BCUT2D eigenvalue weighted by Crippen LogP contribution is 2.42. The number of carbonyl (C=O) groups excluding carboxylic acids is 1. The molecule has 0 radical (unpaired) electrons. The molecule has 1 atom stereocenters. The highest BCUT2D eigenvalue weighted by Gasteiger charge is 2.48. The molecule has 2 aromatic rings. The highest BCUT2D eigenvalue weighted by atomic mass is 16.7. The fraction of sp³-hybridized carbons (Fsp3) is 0.350. The van der Waals surface area contributed by atoms with Gasteiger partial charge >= 0.3 is 6.03 Å². The van der Waals surface area contributed by atoms with Crippen LogP contribution in [0.3, 0.4) is 0 Å². The van der Waals surface area contributed by atoms with Crippen molar-refractivity contribution in [3.05, 3.63) is 54.1 Å². The number of fused-ring (bicyclic) bond motifs is 2. The Balaban J connectivity index is 1.19. The molecule has 1 fully saturated rings. The van der Waals surface area contributed by atoms with Crippen LogP contribution < -0.4 is 19.5 Å². The number of rotatable bonds is 2. The lowest BCUT2D eigenvalue weighted by Gasteiger charge is -2.23. The normalized spacial score (nSPS) is 21.5. The lowest BCUT2D eigenvalue weighted by Crippen LogP contribution is -2.46. The van der Waals surface area contributed by atoms with Crippen molar-refractivity contribution in [1.29, 1.82) is 0 Å². The van der Waals surface area contributed by atoms with Crippen LogP contribution in [0, 0.1) is 0 Å². The minimum atomic E-state index is -0.746. The zero-order chi connectivity index (χ0) is 17.6. The van der Waals surface area contributed by atoms with E-state index in [4.69, 9.17) is 14.2 Å². The van der Waals surface area contributed by atoms with Gasteiger partial charge in [-0.25, -0.2) is 4.79 Å². The summed E-state index contributed by atoms with van der Waals surface area (Å²) >= 11 is 0. The molecule has 134 valence electrons. The zero-order valence-corrected chi connectivity index (χ0v) is 14.3. The van der Waals surface area contributed by atoms with Gasteiger partial charge in [0.05, 0.1) is 13.2 Å². The molecule has 6 nitrogen and oxygen atoms in total. The quantitative estimate of drug-likeness (QED) is 0.903. The number of benzene rings is 2. The number of nitrogens with one attached hydrogen (secondary N) is 1. The predicted molar refractivity (Wildman–Crippen MR) is 94.7 cm³/mol. The molecule has 1 unspecified atom stereocenters. The number of nitrogens with zero attached hydrogens (tertiary/aromatic N) is 1. The average Bonchev–Trinajstić information content (AvgIpc) is 3.36. The van der Waals surface area contributed by atoms with Gasteiger partial charge in [-0.2, -0.15) is 0 Å². The number of likely N-dealkylation sites (tertiary alicyclic amines) is 1. The number of carbonyl (C=O) groups is 1. The summed E-state index contributed by atoms with van der Waals surface area (Å²) in [5.41, 5.74) is 1.16. The van der Waals surface area contributed by atoms with Gasteiger partial charge in [-0.3, -0.25) is 0 Å². The Morgan fingerprint density at radius 1 is 1.08 bits per heavy atom. The molecule has 0 saturated carbocycles. The van der Waals surface area contributed by atoms with Gasteiger partial charge in [-0.05, 0) is 18.2 Å². The third kappa shape index (κ3) is 2.53. The van der Waals surface area contributed by atoms with Crippen LogP contribution in [0.25, 0.3) is 0 Å². The van der Waals surface area contributed by atoms with Gasteiger partial charge in [0.1, 0.15) is 5.75 Å². The molecule has 1 N–H and O–H groups in total. The lowest BCUT2D eigenvalue weighted by molar-refractivity contribution is -0.0650. The fourth-order valence-corrected chi connectivity index (χ4v) is 3.86. The van der Waals surface area contributed by atoms with Crippen molar-refractivity contribution < 1.29 is 19.0 Å². The van der Waals surface area contributed by atoms with E-state index in [9.17, 15) is 4.79 Å². The zero-order valence-electron chi connectivity index (χ0n) is 14.3. The van der Waals surface area contributed by atoms with Gasteiger partial charge in [-0.1, -0.05) is 30.3 Å². The van der Waals surface area contributed by atoms with Crippen molar-refractivity contribution in [2.24, 2.45) is 0 Å². The van der Waals surface area contributed by atoms with Crippen molar-refractivity contribution >= 4 is 6.03 Å². The largest absolute Gasteiger partial charge is 0.493 e. The standard InChI is InChI=1S/C20H20N2O4/c23-19(21-11-14-12-24-16-6-2-1-5-15(14)16)22-10-9-20(13-22)25-17-7-3-4-8-18(17)26-20/h1-8,14H,9-13H2,(H,21,23). The maximum absolute atomic E-state index is 12.6. The highest BCUT2D eigenvalue weighted by molar-refractivity contribution is 5.74. The number of hydrogen-bond donors (Lipinski definition) is 1. The van der Waals surface area contributed by atoms with Gasteiger partial charge in [0.2, 0.25) is 0 Å². The molecule has 26 heavy (non-hydrogen) atoms. The first-order chi connectivity index (χ1) is 12.7. The number of para-hydroxylation sites is 3. The summed E-state index contributed by atoms with van der Waals surface area (Å²) in [6.45, 7) is 2.19. The molecule has 3 aliphatic heterocycles. The molecule has 3 aliphatic rings. The average molecular weight is 352 g/mol. The van der Waals surface area contributed by atoms with Crippen LogP contribution in [-0.2, 0) is 0 Å². The number of ether oxygens (including phenoxy) is 3. The molecule has 0 aliphatic carbocycles. The molecule has 2 aromatic carbocycles. The maximum Gasteiger partial charge on any atom is 0.317 e. The number of hydrogen-bond acceptors (Lipinski definition) is 4. The van der Waals surface area contributed by atoms with Crippen LogP contribution in [0.15, 0.2) is 48.5 Å². The first-order valence-electron chi connectivity index (χ1n) is 8.94. The van der Waals surface area contributed by atoms with Crippen LogP contribution in [0.4, 0.5) is 4.79 Å². The number of amides is 2. The predicted octanol–water partition coefficient (Wildman–Crippen LogP) is 2.75. The van der Waals surface area contributed by atoms with E-state index in [2.05, 4.69) is 11.4 Å². The second-order valence-corrected chi connectivity index (χ2v) is 6.96. The van der Waals surface area contributed by atoms with Crippen LogP contribution in [0.5, 0.6) is 17.2 Å². The molecule has 0 bridgehead atoms. The van der Waals surface area contributed by atoms with Crippen LogP contribution in [-0.4, -0.2) is 43.0 Å². The van der Waals surface area contributed by atoms with E-state index in [1.54, 1.807) is 4.90 Å². The summed E-state index contributed by atoms with van der Waals surface area (Å²) in [6.07, 6.45) is 0.657. The summed E-state index contributed by atoms with van der Waals surface area (Å²) in [6, 6.07) is 15.5. The second kappa shape index (κ2) is 5.83. The first kappa shape index (κ1) is 15.4. The molecule has 3 heterocycles. The monoisotopic (exact) mass is 352 g/mol. The Morgan fingerprint density at radius 2 is 1.77 bits per heavy atom. The molecule has 2 amide bonds. The second-order valence-electron chi connectivity index (χ2n) is 6.96. The van der Waals surface area contributed by atoms with Gasteiger partial charge in [0.25, 0.3) is 5.79 Å². The molecule has 6 heteroatoms. The van der Waals surface area contributed by atoms with E-state index in [1.165, 1.54) is 0 Å². The van der Waals surface area contributed by atoms with E-state index in [1.807, 2.05) is 42.5 Å². The molecule has 0 aromatic heterocycles. The van der Waals surface area contributed by atoms with Crippen molar-refractivity contribution in [1.82, 2.24) is 10.2 Å². The molecular weight excluding hydrogens is 332 g/mol. The topological polar surface area (TPSA) is 60.0 Å². The Morgan fingerprint density at radius 3 is 2.54 bits per heavy atom. The van der Waals surface area contributed by atoms with Crippen molar-refractivity contribution in [2.75, 3.05) is 26.2 Å². The third-order valence-corrected chi connectivity index (χ3v) is 5.22. The minimum absolute atomic E-state index is 0.0885.